The van der Waals surface area contributed by atoms with E-state index in [1.807, 2.05) is 0 Å². The van der Waals surface area contributed by atoms with Crippen molar-refractivity contribution in [1.29, 1.82) is 0 Å². The quantitative estimate of drug-likeness (QED) is 0.748. The number of aryl methyl sites for hydroxylation is 1. The van der Waals surface area contributed by atoms with Gasteiger partial charge in [-0.15, -0.1) is 0 Å². The Bertz CT molecular complexity index is 998. The summed E-state index contributed by atoms with van der Waals surface area (Å²) in [6.07, 6.45) is 0.808. The predicted octanol–water partition coefficient (Wildman–Crippen LogP) is 4.65. The van der Waals surface area contributed by atoms with Gasteiger partial charge in [-0.2, -0.15) is 0 Å². The molecule has 1 unspecified atom stereocenters. The number of carbonyl (C=O) groups excluding carboxylic acids is 1. The van der Waals surface area contributed by atoms with Crippen LogP contribution in [0.5, 0.6) is 0 Å². The highest BCUT2D eigenvalue weighted by atomic mass is 35.5. The van der Waals surface area contributed by atoms with Gasteiger partial charge in [0.25, 0.3) is 5.56 Å². The van der Waals surface area contributed by atoms with E-state index in [2.05, 4.69) is 5.32 Å². The van der Waals surface area contributed by atoms with Crippen molar-refractivity contribution in [3.63, 3.8) is 0 Å². The van der Waals surface area contributed by atoms with Gasteiger partial charge in [0, 0.05) is 18.9 Å². The average molecular weight is 409 g/mol. The standard InChI is InChI=1S/C19H18Cl2N2O4/c1-4-26-19(25)27-17-10(2)22-13-8-9-23(3)18(24)15(13)14(17)11-6-5-7-12(20)16(11)21/h5-9,14,22H,4H2,1-3H3. The minimum absolute atomic E-state index is 0.166. The average Bonchev–Trinajstić information content (AvgIpc) is 2.62. The smallest absolute Gasteiger partial charge is 0.434 e. The molecule has 1 aromatic heterocycles. The second kappa shape index (κ2) is 7.66. The summed E-state index contributed by atoms with van der Waals surface area (Å²) in [7, 11) is 1.65. The van der Waals surface area contributed by atoms with Crippen LogP contribution in [0.3, 0.4) is 0 Å². The van der Waals surface area contributed by atoms with E-state index in [-0.39, 0.29) is 17.9 Å². The van der Waals surface area contributed by atoms with E-state index >= 15 is 0 Å². The lowest BCUT2D eigenvalue weighted by atomic mass is 9.86. The summed E-state index contributed by atoms with van der Waals surface area (Å²) >= 11 is 12.6. The summed E-state index contributed by atoms with van der Waals surface area (Å²) in [5, 5.41) is 3.75. The maximum atomic E-state index is 12.9. The molecule has 0 fully saturated rings. The maximum absolute atomic E-state index is 12.9. The van der Waals surface area contributed by atoms with Crippen LogP contribution in [-0.4, -0.2) is 17.3 Å². The first kappa shape index (κ1) is 19.3. The van der Waals surface area contributed by atoms with Gasteiger partial charge in [-0.05, 0) is 31.5 Å². The molecule has 6 nitrogen and oxygen atoms in total. The molecule has 0 amide bonds. The van der Waals surface area contributed by atoms with Gasteiger partial charge in [0.2, 0.25) is 0 Å². The third-order valence-corrected chi connectivity index (χ3v) is 5.13. The number of nitrogens with one attached hydrogen (secondary N) is 1. The highest BCUT2D eigenvalue weighted by molar-refractivity contribution is 6.42. The Morgan fingerprint density at radius 2 is 2.04 bits per heavy atom. The number of aromatic nitrogens is 1. The number of halogens is 2. The molecule has 142 valence electrons. The number of allylic oxidation sites excluding steroid dienone is 2. The number of ether oxygens (including phenoxy) is 2. The third-order valence-electron chi connectivity index (χ3n) is 4.30. The molecule has 1 aromatic carbocycles. The number of pyridine rings is 1. The van der Waals surface area contributed by atoms with E-state index < -0.39 is 12.1 Å². The summed E-state index contributed by atoms with van der Waals surface area (Å²) in [4.78, 5) is 24.9. The zero-order valence-corrected chi connectivity index (χ0v) is 16.5. The van der Waals surface area contributed by atoms with Crippen molar-refractivity contribution in [2.45, 2.75) is 19.8 Å². The molecule has 0 saturated carbocycles. The van der Waals surface area contributed by atoms with Crippen LogP contribution < -0.4 is 10.9 Å². The molecule has 0 bridgehead atoms. The molecule has 3 rings (SSSR count). The number of nitrogens with zero attached hydrogens (tertiary/aromatic N) is 1. The monoisotopic (exact) mass is 408 g/mol. The van der Waals surface area contributed by atoms with Gasteiger partial charge in [0.05, 0.1) is 33.8 Å². The number of benzene rings is 1. The molecule has 0 radical (unpaired) electrons. The predicted molar refractivity (Wildman–Crippen MR) is 104 cm³/mol. The van der Waals surface area contributed by atoms with E-state index in [1.54, 1.807) is 51.4 Å². The van der Waals surface area contributed by atoms with Crippen LogP contribution in [0.25, 0.3) is 0 Å². The highest BCUT2D eigenvalue weighted by Crippen LogP contribution is 2.44. The van der Waals surface area contributed by atoms with Crippen molar-refractivity contribution in [3.05, 3.63) is 73.4 Å². The summed E-state index contributed by atoms with van der Waals surface area (Å²) < 4.78 is 11.8. The molecule has 1 N–H and O–H groups in total. The lowest BCUT2D eigenvalue weighted by molar-refractivity contribution is 0.0777. The van der Waals surface area contributed by atoms with Crippen molar-refractivity contribution >= 4 is 35.0 Å². The molecular formula is C19H18Cl2N2O4. The third kappa shape index (κ3) is 3.55. The van der Waals surface area contributed by atoms with Gasteiger partial charge in [-0.25, -0.2) is 4.79 Å². The largest absolute Gasteiger partial charge is 0.513 e. The van der Waals surface area contributed by atoms with Gasteiger partial charge in [0.1, 0.15) is 5.76 Å². The lowest BCUT2D eigenvalue weighted by Gasteiger charge is -2.30. The lowest BCUT2D eigenvalue weighted by Crippen LogP contribution is -2.31. The summed E-state index contributed by atoms with van der Waals surface area (Å²) in [6, 6.07) is 6.92. The first-order valence-corrected chi connectivity index (χ1v) is 9.06. The van der Waals surface area contributed by atoms with Crippen LogP contribution in [0, 0.1) is 0 Å². The van der Waals surface area contributed by atoms with Gasteiger partial charge < -0.3 is 19.4 Å². The second-order valence-corrected chi connectivity index (χ2v) is 6.82. The van der Waals surface area contributed by atoms with E-state index in [0.717, 1.165) is 0 Å². The number of anilines is 1. The molecule has 27 heavy (non-hydrogen) atoms. The van der Waals surface area contributed by atoms with E-state index in [9.17, 15) is 9.59 Å². The summed E-state index contributed by atoms with van der Waals surface area (Å²) in [6.45, 7) is 3.60. The molecule has 8 heteroatoms. The molecule has 0 spiro atoms. The van der Waals surface area contributed by atoms with Gasteiger partial charge >= 0.3 is 6.16 Å². The Morgan fingerprint density at radius 1 is 1.30 bits per heavy atom. The molecule has 1 atom stereocenters. The molecule has 2 heterocycles. The Balaban J connectivity index is 2.25. The van der Waals surface area contributed by atoms with Crippen LogP contribution in [-0.2, 0) is 16.5 Å². The van der Waals surface area contributed by atoms with Crippen molar-refractivity contribution in [3.8, 4) is 0 Å². The number of fused-ring (bicyclic) bond motifs is 1. The van der Waals surface area contributed by atoms with Crippen molar-refractivity contribution in [1.82, 2.24) is 4.57 Å². The summed E-state index contributed by atoms with van der Waals surface area (Å²) in [5.74, 6) is -0.467. The fourth-order valence-corrected chi connectivity index (χ4v) is 3.48. The topological polar surface area (TPSA) is 69.6 Å². The van der Waals surface area contributed by atoms with Crippen LogP contribution in [0.15, 0.2) is 46.7 Å². The van der Waals surface area contributed by atoms with Gasteiger partial charge in [0.15, 0.2) is 0 Å². The number of hydrogen-bond acceptors (Lipinski definition) is 5. The zero-order chi connectivity index (χ0) is 19.7. The van der Waals surface area contributed by atoms with Gasteiger partial charge in [-0.1, -0.05) is 35.3 Å². The van der Waals surface area contributed by atoms with E-state index in [0.29, 0.717) is 32.6 Å². The molecule has 0 aliphatic carbocycles. The second-order valence-electron chi connectivity index (χ2n) is 6.03. The Labute approximate surface area is 166 Å². The van der Waals surface area contributed by atoms with Crippen molar-refractivity contribution < 1.29 is 14.3 Å². The van der Waals surface area contributed by atoms with E-state index in [4.69, 9.17) is 32.7 Å². The summed E-state index contributed by atoms with van der Waals surface area (Å²) in [5.41, 5.74) is 1.93. The minimum atomic E-state index is -0.854. The zero-order valence-electron chi connectivity index (χ0n) is 15.0. The highest BCUT2D eigenvalue weighted by Gasteiger charge is 2.35. The molecule has 1 aliphatic heterocycles. The number of rotatable bonds is 3. The first-order valence-electron chi connectivity index (χ1n) is 8.31. The number of hydrogen-bond donors (Lipinski definition) is 1. The van der Waals surface area contributed by atoms with Crippen LogP contribution in [0.1, 0.15) is 30.9 Å². The normalized spacial score (nSPS) is 15.8. The Morgan fingerprint density at radius 3 is 2.74 bits per heavy atom. The van der Waals surface area contributed by atoms with Crippen molar-refractivity contribution in [2.75, 3.05) is 11.9 Å². The fraction of sp³-hybridized carbons (Fsp3) is 0.263. The maximum Gasteiger partial charge on any atom is 0.513 e. The molecular weight excluding hydrogens is 391 g/mol. The molecule has 1 aliphatic rings. The Hall–Kier alpha value is -2.44. The molecule has 2 aromatic rings. The van der Waals surface area contributed by atoms with Crippen LogP contribution in [0.2, 0.25) is 10.0 Å². The SMILES string of the molecule is CCOC(=O)OC1=C(C)Nc2ccn(C)c(=O)c2C1c1cccc(Cl)c1Cl. The first-order chi connectivity index (χ1) is 12.8. The fourth-order valence-electron chi connectivity index (χ4n) is 3.06. The van der Waals surface area contributed by atoms with Crippen LogP contribution in [0.4, 0.5) is 10.5 Å². The molecule has 0 saturated heterocycles. The minimum Gasteiger partial charge on any atom is -0.434 e. The van der Waals surface area contributed by atoms with Crippen molar-refractivity contribution in [2.24, 2.45) is 7.05 Å². The van der Waals surface area contributed by atoms with Crippen LogP contribution >= 0.6 is 23.2 Å². The Kier molecular flexibility index (Phi) is 5.48. The van der Waals surface area contributed by atoms with E-state index in [1.165, 1.54) is 4.57 Å². The van der Waals surface area contributed by atoms with Gasteiger partial charge in [-0.3, -0.25) is 4.79 Å². The number of carbonyl (C=O) groups is 1.